The Balaban J connectivity index is 1.91. The van der Waals surface area contributed by atoms with Gasteiger partial charge in [0.25, 0.3) is 12.2 Å². The third-order valence-electron chi connectivity index (χ3n) is 6.90. The van der Waals surface area contributed by atoms with Gasteiger partial charge in [0.2, 0.25) is 0 Å². The Kier molecular flexibility index (Phi) is 9.90. The highest BCUT2D eigenvalue weighted by Crippen LogP contribution is 2.39. The van der Waals surface area contributed by atoms with Crippen LogP contribution in [-0.2, 0) is 29.3 Å². The highest BCUT2D eigenvalue weighted by molar-refractivity contribution is 7.92. The molecule has 2 aliphatic heterocycles. The number of hydrogen-bond acceptors (Lipinski definition) is 9. The minimum absolute atomic E-state index is 0.0491. The van der Waals surface area contributed by atoms with Crippen LogP contribution in [0.5, 0.6) is 5.75 Å². The van der Waals surface area contributed by atoms with Crippen LogP contribution in [0, 0.1) is 23.6 Å². The lowest BCUT2D eigenvalue weighted by Crippen LogP contribution is -2.44. The number of nitrogens with zero attached hydrogens (tertiary/aromatic N) is 2. The van der Waals surface area contributed by atoms with Crippen LogP contribution in [0.15, 0.2) is 18.2 Å². The first kappa shape index (κ1) is 32.1. The molecular formula is C27H39FN4O8S. The van der Waals surface area contributed by atoms with Crippen molar-refractivity contribution in [3.8, 4) is 5.75 Å². The number of amides is 2. The van der Waals surface area contributed by atoms with Gasteiger partial charge in [-0.25, -0.2) is 18.2 Å². The zero-order valence-electron chi connectivity index (χ0n) is 24.1. The predicted molar refractivity (Wildman–Crippen MR) is 149 cm³/mol. The Morgan fingerprint density at radius 2 is 1.78 bits per heavy atom. The lowest BCUT2D eigenvalue weighted by atomic mass is 10.0. The molecule has 4 N–H and O–H groups in total. The van der Waals surface area contributed by atoms with Crippen LogP contribution in [0.25, 0.3) is 5.57 Å². The van der Waals surface area contributed by atoms with Crippen molar-refractivity contribution in [2.45, 2.75) is 72.8 Å². The number of nitrogens with two attached hydrogens (primary N) is 1. The van der Waals surface area contributed by atoms with Crippen LogP contribution in [0.4, 0.5) is 14.9 Å². The first-order valence-corrected chi connectivity index (χ1v) is 15.0. The molecule has 0 saturated carbocycles. The van der Waals surface area contributed by atoms with E-state index in [-0.39, 0.29) is 23.9 Å². The first-order valence-electron chi connectivity index (χ1n) is 13.5. The molecule has 0 spiro atoms. The van der Waals surface area contributed by atoms with Gasteiger partial charge < -0.3 is 20.3 Å². The minimum atomic E-state index is -4.39. The number of benzene rings is 1. The summed E-state index contributed by atoms with van der Waals surface area (Å²) in [5.74, 6) is -3.58. The number of hydrogen-bond donors (Lipinski definition) is 3. The van der Waals surface area contributed by atoms with Crippen LogP contribution < -0.4 is 14.8 Å². The minimum Gasteiger partial charge on any atom is -0.506 e. The van der Waals surface area contributed by atoms with Crippen molar-refractivity contribution < 1.29 is 41.8 Å². The number of phenolic OH excluding ortho intramolecular Hbond substituents is 1. The van der Waals surface area contributed by atoms with E-state index in [1.807, 2.05) is 13.8 Å². The second-order valence-electron chi connectivity index (χ2n) is 11.4. The van der Waals surface area contributed by atoms with E-state index in [9.17, 15) is 27.9 Å². The quantitative estimate of drug-likeness (QED) is 0.271. The third-order valence-corrected chi connectivity index (χ3v) is 8.28. The van der Waals surface area contributed by atoms with E-state index in [1.165, 1.54) is 11.0 Å². The molecule has 2 amide bonds. The standard InChI is InChI=1S/C27H39FN4O8S/c1-14(2)7-8-18-11-17(12-31(18)27(36)40-26(16(5)6)39-25(35)23(29)15(3)4)19-9-10-20(33)24(22(19)28)32-13-21(34)30-41(32,37)38/h9-11,14-16,18,23,26,33H,7-8,12-13,29H2,1-6H3,(H,30,34)/t18-,23+,26?/m0/s1. The van der Waals surface area contributed by atoms with Crippen LogP contribution in [0.2, 0.25) is 0 Å². The van der Waals surface area contributed by atoms with Crippen molar-refractivity contribution in [3.63, 3.8) is 0 Å². The van der Waals surface area contributed by atoms with E-state index in [1.54, 1.807) is 38.5 Å². The summed E-state index contributed by atoms with van der Waals surface area (Å²) in [6, 6.07) is 1.00. The van der Waals surface area contributed by atoms with Gasteiger partial charge in [0.05, 0.1) is 12.6 Å². The summed E-state index contributed by atoms with van der Waals surface area (Å²) in [5, 5.41) is 10.3. The molecule has 3 atom stereocenters. The average molecular weight is 599 g/mol. The molecule has 1 aromatic carbocycles. The topological polar surface area (TPSA) is 169 Å². The SMILES string of the molecule is CC(C)CC[C@H]1C=C(c2ccc(O)c(N3CC(=O)NS3(=O)=O)c2F)CN1C(=O)OC(OC(=O)[C@H](N)C(C)C)C(C)C. The van der Waals surface area contributed by atoms with E-state index in [2.05, 4.69) is 0 Å². The van der Waals surface area contributed by atoms with Gasteiger partial charge in [0.1, 0.15) is 24.0 Å². The van der Waals surface area contributed by atoms with Gasteiger partial charge in [0.15, 0.2) is 5.82 Å². The summed E-state index contributed by atoms with van der Waals surface area (Å²) in [6.07, 6.45) is 0.942. The summed E-state index contributed by atoms with van der Waals surface area (Å²) in [6.45, 7) is 10.2. The predicted octanol–water partition coefficient (Wildman–Crippen LogP) is 2.86. The molecular weight excluding hydrogens is 559 g/mol. The molecule has 3 rings (SSSR count). The first-order chi connectivity index (χ1) is 19.0. The zero-order valence-corrected chi connectivity index (χ0v) is 24.9. The number of carbonyl (C=O) groups is 3. The largest absolute Gasteiger partial charge is 0.506 e. The van der Waals surface area contributed by atoms with Crippen molar-refractivity contribution in [3.05, 3.63) is 29.6 Å². The fourth-order valence-electron chi connectivity index (χ4n) is 4.41. The smallest absolute Gasteiger partial charge is 0.413 e. The number of carbonyl (C=O) groups excluding carboxylic acids is 3. The van der Waals surface area contributed by atoms with Crippen molar-refractivity contribution in [2.75, 3.05) is 17.4 Å². The van der Waals surface area contributed by atoms with E-state index in [4.69, 9.17) is 15.2 Å². The molecule has 228 valence electrons. The summed E-state index contributed by atoms with van der Waals surface area (Å²) in [5.41, 5.74) is 5.52. The molecule has 0 aliphatic carbocycles. The average Bonchev–Trinajstić information content (AvgIpc) is 3.40. The molecule has 0 aromatic heterocycles. The fourth-order valence-corrected chi connectivity index (χ4v) is 5.57. The highest BCUT2D eigenvalue weighted by atomic mass is 32.2. The Bertz CT molecular complexity index is 1310. The molecule has 1 saturated heterocycles. The van der Waals surface area contributed by atoms with E-state index < -0.39 is 70.4 Å². The lowest BCUT2D eigenvalue weighted by molar-refractivity contribution is -0.179. The third kappa shape index (κ3) is 7.28. The molecule has 14 heteroatoms. The van der Waals surface area contributed by atoms with E-state index in [0.717, 1.165) is 12.5 Å². The Hall–Kier alpha value is -3.39. The fraction of sp³-hybridized carbons (Fsp3) is 0.593. The number of rotatable bonds is 10. The van der Waals surface area contributed by atoms with Crippen molar-refractivity contribution in [2.24, 2.45) is 23.5 Å². The number of ether oxygens (including phenoxy) is 2. The number of esters is 1. The maximum Gasteiger partial charge on any atom is 0.413 e. The molecule has 0 bridgehead atoms. The normalized spacial score (nSPS) is 19.9. The molecule has 12 nitrogen and oxygen atoms in total. The van der Waals surface area contributed by atoms with Crippen molar-refractivity contribution >= 4 is 39.4 Å². The Morgan fingerprint density at radius 3 is 2.32 bits per heavy atom. The number of aromatic hydroxyl groups is 1. The monoisotopic (exact) mass is 598 g/mol. The van der Waals surface area contributed by atoms with Crippen molar-refractivity contribution in [1.82, 2.24) is 9.62 Å². The molecule has 2 heterocycles. The van der Waals surface area contributed by atoms with Crippen LogP contribution in [0.3, 0.4) is 0 Å². The Labute approximate surface area is 239 Å². The van der Waals surface area contributed by atoms with Crippen LogP contribution >= 0.6 is 0 Å². The van der Waals surface area contributed by atoms with Crippen LogP contribution in [-0.4, -0.2) is 67.9 Å². The Morgan fingerprint density at radius 1 is 1.12 bits per heavy atom. The number of nitrogens with one attached hydrogen (secondary N) is 1. The second-order valence-corrected chi connectivity index (χ2v) is 13.0. The lowest BCUT2D eigenvalue weighted by Gasteiger charge is -2.29. The van der Waals surface area contributed by atoms with Gasteiger partial charge >= 0.3 is 22.3 Å². The molecule has 1 unspecified atom stereocenters. The summed E-state index contributed by atoms with van der Waals surface area (Å²) >= 11 is 0. The zero-order chi connectivity index (χ0) is 30.8. The maximum atomic E-state index is 15.8. The molecule has 41 heavy (non-hydrogen) atoms. The van der Waals surface area contributed by atoms with Gasteiger partial charge in [-0.2, -0.15) is 8.42 Å². The number of halogens is 1. The van der Waals surface area contributed by atoms with Crippen LogP contribution in [0.1, 0.15) is 59.9 Å². The highest BCUT2D eigenvalue weighted by Gasteiger charge is 2.40. The van der Waals surface area contributed by atoms with Gasteiger partial charge in [-0.1, -0.05) is 47.6 Å². The van der Waals surface area contributed by atoms with E-state index in [0.29, 0.717) is 22.2 Å². The maximum absolute atomic E-state index is 15.8. The van der Waals surface area contributed by atoms with Gasteiger partial charge in [-0.15, -0.1) is 0 Å². The molecule has 0 radical (unpaired) electrons. The number of anilines is 1. The molecule has 1 aromatic rings. The van der Waals surface area contributed by atoms with Gasteiger partial charge in [-0.3, -0.25) is 14.5 Å². The van der Waals surface area contributed by atoms with Gasteiger partial charge in [-0.05, 0) is 42.4 Å². The molecule has 1 fully saturated rings. The van der Waals surface area contributed by atoms with Crippen molar-refractivity contribution in [1.29, 1.82) is 0 Å². The number of phenols is 1. The summed E-state index contributed by atoms with van der Waals surface area (Å²) < 4.78 is 53.8. The van der Waals surface area contributed by atoms with E-state index >= 15 is 4.39 Å². The molecule has 2 aliphatic rings. The summed E-state index contributed by atoms with van der Waals surface area (Å²) in [7, 11) is -4.39. The second kappa shape index (κ2) is 12.6. The summed E-state index contributed by atoms with van der Waals surface area (Å²) in [4.78, 5) is 39.0. The van der Waals surface area contributed by atoms with Gasteiger partial charge in [0, 0.05) is 11.5 Å².